The van der Waals surface area contributed by atoms with Gasteiger partial charge in [0, 0.05) is 24.8 Å². The fourth-order valence-electron chi connectivity index (χ4n) is 2.95. The number of fused-ring (bicyclic) bond motifs is 1. The molecule has 1 aliphatic heterocycles. The molecule has 160 valence electrons. The lowest BCUT2D eigenvalue weighted by Gasteiger charge is -2.11. The van der Waals surface area contributed by atoms with E-state index >= 15 is 0 Å². The first kappa shape index (κ1) is 21.6. The summed E-state index contributed by atoms with van der Waals surface area (Å²) in [5.74, 6) is -1.65. The molecule has 0 bridgehead atoms. The Balaban J connectivity index is 1.59. The normalized spacial score (nSPS) is 13.9. The summed E-state index contributed by atoms with van der Waals surface area (Å²) in [5, 5.41) is 2.42. The molecule has 2 aromatic carbocycles. The van der Waals surface area contributed by atoms with Crippen LogP contribution in [0.5, 0.6) is 5.75 Å². The minimum absolute atomic E-state index is 0.0193. The van der Waals surface area contributed by atoms with Gasteiger partial charge in [-0.15, -0.1) is 13.2 Å². The Hall–Kier alpha value is -3.08. The van der Waals surface area contributed by atoms with Crippen molar-refractivity contribution in [3.63, 3.8) is 0 Å². The number of benzene rings is 2. The first-order chi connectivity index (χ1) is 13.9. The predicted octanol–water partition coefficient (Wildman–Crippen LogP) is 2.91. The topological polar surface area (TPSA) is 92.8 Å². The van der Waals surface area contributed by atoms with Gasteiger partial charge in [-0.05, 0) is 48.0 Å². The van der Waals surface area contributed by atoms with Crippen LogP contribution >= 0.6 is 0 Å². The number of carbonyl (C=O) groups excluding carboxylic acids is 2. The van der Waals surface area contributed by atoms with Crippen LogP contribution in [0.3, 0.4) is 0 Å². The van der Waals surface area contributed by atoms with Crippen LogP contribution in [0.25, 0.3) is 0 Å². The third kappa shape index (κ3) is 5.09. The second kappa shape index (κ2) is 7.98. The Morgan fingerprint density at radius 3 is 2.47 bits per heavy atom. The lowest BCUT2D eigenvalue weighted by Crippen LogP contribution is -2.20. The van der Waals surface area contributed by atoms with Gasteiger partial charge in [-0.1, -0.05) is 0 Å². The van der Waals surface area contributed by atoms with Crippen molar-refractivity contribution in [2.75, 3.05) is 23.0 Å². The zero-order valence-corrected chi connectivity index (χ0v) is 16.5. The van der Waals surface area contributed by atoms with Crippen LogP contribution in [0.2, 0.25) is 0 Å². The molecule has 3 rings (SSSR count). The number of anilines is 2. The van der Waals surface area contributed by atoms with Crippen LogP contribution in [0, 0.1) is 0 Å². The van der Waals surface area contributed by atoms with Crippen molar-refractivity contribution in [2.45, 2.75) is 24.1 Å². The highest BCUT2D eigenvalue weighted by atomic mass is 32.2. The smallest absolute Gasteiger partial charge is 0.406 e. The number of amides is 2. The quantitative estimate of drug-likeness (QED) is 0.743. The number of likely N-dealkylation sites (N-methyl/N-ethyl adjacent to an activating group) is 1. The lowest BCUT2D eigenvalue weighted by atomic mass is 10.2. The minimum atomic E-state index is -4.82. The number of hydrogen-bond acceptors (Lipinski definition) is 5. The highest BCUT2D eigenvalue weighted by Crippen LogP contribution is 2.30. The first-order valence-electron chi connectivity index (χ1n) is 8.72. The van der Waals surface area contributed by atoms with Gasteiger partial charge in [0.25, 0.3) is 0 Å². The molecule has 0 aromatic heterocycles. The van der Waals surface area contributed by atoms with Gasteiger partial charge in [0.2, 0.25) is 11.8 Å². The number of sulfone groups is 1. The molecule has 0 radical (unpaired) electrons. The zero-order chi connectivity index (χ0) is 22.1. The largest absolute Gasteiger partial charge is 0.573 e. The molecule has 2 aromatic rings. The second-order valence-corrected chi connectivity index (χ2v) is 8.72. The van der Waals surface area contributed by atoms with Gasteiger partial charge in [-0.25, -0.2) is 8.42 Å². The van der Waals surface area contributed by atoms with Crippen molar-refractivity contribution in [2.24, 2.45) is 0 Å². The Kier molecular flexibility index (Phi) is 5.75. The van der Waals surface area contributed by atoms with E-state index in [1.54, 1.807) is 13.1 Å². The van der Waals surface area contributed by atoms with E-state index < -0.39 is 33.6 Å². The molecule has 0 saturated carbocycles. The van der Waals surface area contributed by atoms with E-state index in [-0.39, 0.29) is 29.3 Å². The molecule has 0 aliphatic carbocycles. The number of halogens is 3. The molecule has 2 amide bonds. The van der Waals surface area contributed by atoms with Crippen LogP contribution in [0.1, 0.15) is 12.0 Å². The Morgan fingerprint density at radius 1 is 1.17 bits per heavy atom. The summed E-state index contributed by atoms with van der Waals surface area (Å²) in [6.07, 6.45) is -5.05. The average molecular weight is 442 g/mol. The third-order valence-electron chi connectivity index (χ3n) is 4.46. The van der Waals surface area contributed by atoms with Crippen molar-refractivity contribution in [3.05, 3.63) is 48.0 Å². The molecule has 1 N–H and O–H groups in total. The molecule has 7 nitrogen and oxygen atoms in total. The second-order valence-electron chi connectivity index (χ2n) is 6.61. The van der Waals surface area contributed by atoms with Crippen molar-refractivity contribution in [1.29, 1.82) is 0 Å². The van der Waals surface area contributed by atoms with Gasteiger partial charge in [-0.2, -0.15) is 0 Å². The Morgan fingerprint density at radius 2 is 1.83 bits per heavy atom. The van der Waals surface area contributed by atoms with Crippen molar-refractivity contribution < 1.29 is 35.9 Å². The predicted molar refractivity (Wildman–Crippen MR) is 102 cm³/mol. The summed E-state index contributed by atoms with van der Waals surface area (Å²) < 4.78 is 65.2. The monoisotopic (exact) mass is 442 g/mol. The fourth-order valence-corrected chi connectivity index (χ4v) is 4.24. The van der Waals surface area contributed by atoms with Gasteiger partial charge < -0.3 is 15.0 Å². The standard InChI is InChI=1S/C19H17F3N2O5S/c1-24-16-7-6-15(10-12(16)11-18(24)26)30(27,28)9-8-17(25)23-13-2-4-14(5-3-13)29-19(20,21)22/h2-7,10H,8-9,11H2,1H3,(H,23,25). The van der Waals surface area contributed by atoms with Crippen LogP contribution in [0.4, 0.5) is 24.5 Å². The number of rotatable bonds is 6. The van der Waals surface area contributed by atoms with Crippen LogP contribution in [-0.4, -0.2) is 39.4 Å². The van der Waals surface area contributed by atoms with E-state index in [4.69, 9.17) is 0 Å². The highest BCUT2D eigenvalue weighted by Gasteiger charge is 2.31. The van der Waals surface area contributed by atoms with Crippen molar-refractivity contribution >= 4 is 33.0 Å². The maximum atomic E-state index is 12.5. The fraction of sp³-hybridized carbons (Fsp3) is 0.263. The Bertz CT molecular complexity index is 1080. The van der Waals surface area contributed by atoms with E-state index in [0.29, 0.717) is 11.3 Å². The zero-order valence-electron chi connectivity index (χ0n) is 15.7. The minimum Gasteiger partial charge on any atom is -0.406 e. The van der Waals surface area contributed by atoms with Crippen LogP contribution in [0.15, 0.2) is 47.4 Å². The van der Waals surface area contributed by atoms with Crippen molar-refractivity contribution in [1.82, 2.24) is 0 Å². The molecule has 0 atom stereocenters. The van der Waals surface area contributed by atoms with E-state index in [0.717, 1.165) is 12.1 Å². The molecule has 1 heterocycles. The van der Waals surface area contributed by atoms with Gasteiger partial charge in [0.1, 0.15) is 5.75 Å². The van der Waals surface area contributed by atoms with Crippen molar-refractivity contribution in [3.8, 4) is 5.75 Å². The molecular formula is C19H17F3N2O5S. The summed E-state index contributed by atoms with van der Waals surface area (Å²) in [6, 6.07) is 8.86. The SMILES string of the molecule is CN1C(=O)Cc2cc(S(=O)(=O)CCC(=O)Nc3ccc(OC(F)(F)F)cc3)ccc21. The summed E-state index contributed by atoms with van der Waals surface area (Å²) in [5.41, 5.74) is 1.45. The molecule has 0 unspecified atom stereocenters. The number of alkyl halides is 3. The van der Waals surface area contributed by atoms with E-state index in [1.165, 1.54) is 29.2 Å². The van der Waals surface area contributed by atoms with Crippen LogP contribution < -0.4 is 15.0 Å². The Labute approximate surface area is 170 Å². The number of nitrogens with one attached hydrogen (secondary N) is 1. The number of carbonyl (C=O) groups is 2. The molecule has 0 fully saturated rings. The van der Waals surface area contributed by atoms with Gasteiger partial charge >= 0.3 is 6.36 Å². The summed E-state index contributed by atoms with van der Waals surface area (Å²) in [4.78, 5) is 25.2. The molecular weight excluding hydrogens is 425 g/mol. The van der Waals surface area contributed by atoms with E-state index in [1.807, 2.05) is 0 Å². The summed E-state index contributed by atoms with van der Waals surface area (Å²) in [7, 11) is -2.16. The molecule has 1 aliphatic rings. The van der Waals surface area contributed by atoms with Gasteiger partial charge in [-0.3, -0.25) is 9.59 Å². The molecule has 11 heteroatoms. The maximum absolute atomic E-state index is 12.5. The van der Waals surface area contributed by atoms with E-state index in [2.05, 4.69) is 10.1 Å². The van der Waals surface area contributed by atoms with Crippen LogP contribution in [-0.2, 0) is 25.8 Å². The number of ether oxygens (including phenoxy) is 1. The molecule has 30 heavy (non-hydrogen) atoms. The van der Waals surface area contributed by atoms with Gasteiger partial charge in [0.15, 0.2) is 9.84 Å². The molecule has 0 saturated heterocycles. The average Bonchev–Trinajstić information content (AvgIpc) is 2.94. The highest BCUT2D eigenvalue weighted by molar-refractivity contribution is 7.91. The molecule has 0 spiro atoms. The lowest BCUT2D eigenvalue weighted by molar-refractivity contribution is -0.274. The van der Waals surface area contributed by atoms with Gasteiger partial charge in [0.05, 0.1) is 17.1 Å². The number of hydrogen-bond donors (Lipinski definition) is 1. The number of nitrogens with zero attached hydrogens (tertiary/aromatic N) is 1. The first-order valence-corrected chi connectivity index (χ1v) is 10.4. The maximum Gasteiger partial charge on any atom is 0.573 e. The summed E-state index contributed by atoms with van der Waals surface area (Å²) >= 11 is 0. The summed E-state index contributed by atoms with van der Waals surface area (Å²) in [6.45, 7) is 0. The van der Waals surface area contributed by atoms with E-state index in [9.17, 15) is 31.2 Å². The third-order valence-corrected chi connectivity index (χ3v) is 6.17.